The van der Waals surface area contributed by atoms with Crippen molar-refractivity contribution in [2.45, 2.75) is 37.5 Å². The molecule has 0 amide bonds. The van der Waals surface area contributed by atoms with Gasteiger partial charge < -0.3 is 14.9 Å². The molecule has 2 aromatic rings. The summed E-state index contributed by atoms with van der Waals surface area (Å²) in [7, 11) is -4.07. The summed E-state index contributed by atoms with van der Waals surface area (Å²) in [6.07, 6.45) is 4.60. The number of piperidine rings is 1. The molecule has 33 heavy (non-hydrogen) atoms. The van der Waals surface area contributed by atoms with Crippen LogP contribution in [0.1, 0.15) is 41.6 Å². The van der Waals surface area contributed by atoms with E-state index in [2.05, 4.69) is 14.5 Å². The van der Waals surface area contributed by atoms with Crippen molar-refractivity contribution in [3.05, 3.63) is 53.3 Å². The molecule has 0 bridgehead atoms. The summed E-state index contributed by atoms with van der Waals surface area (Å²) in [5.41, 5.74) is 1.17. The maximum absolute atomic E-state index is 13.6. The second kappa shape index (κ2) is 9.69. The predicted molar refractivity (Wildman–Crippen MR) is 126 cm³/mol. The Morgan fingerprint density at radius 1 is 1.12 bits per heavy atom. The van der Waals surface area contributed by atoms with Gasteiger partial charge in [0.2, 0.25) is 0 Å². The number of nitrogens with one attached hydrogen (secondary N) is 1. The van der Waals surface area contributed by atoms with Gasteiger partial charge in [0.15, 0.2) is 0 Å². The Morgan fingerprint density at radius 3 is 2.61 bits per heavy atom. The Bertz CT molecular complexity index is 1130. The topological polar surface area (TPSA) is 90.0 Å². The zero-order valence-electron chi connectivity index (χ0n) is 18.8. The van der Waals surface area contributed by atoms with Crippen molar-refractivity contribution in [3.63, 3.8) is 0 Å². The monoisotopic (exact) mass is 475 g/mol. The molecule has 2 N–H and O–H groups in total. The smallest absolute Gasteiger partial charge is 0.337 e. The van der Waals surface area contributed by atoms with E-state index in [1.165, 1.54) is 31.0 Å². The molecule has 0 saturated carbocycles. The third-order valence-corrected chi connectivity index (χ3v) is 8.02. The summed E-state index contributed by atoms with van der Waals surface area (Å²) in [5, 5.41) is 9.85. The molecule has 0 radical (unpaired) electrons. The maximum Gasteiger partial charge on any atom is 0.337 e. The Hall–Kier alpha value is -2.65. The number of sulfonamides is 1. The molecule has 7 nitrogen and oxygen atoms in total. The molecule has 9 heteroatoms. The van der Waals surface area contributed by atoms with Crippen molar-refractivity contribution < 1.29 is 22.7 Å². The summed E-state index contributed by atoms with van der Waals surface area (Å²) in [6.45, 7) is 6.43. The summed E-state index contributed by atoms with van der Waals surface area (Å²) < 4.78 is 41.6. The zero-order chi connectivity index (χ0) is 23.6. The van der Waals surface area contributed by atoms with Crippen molar-refractivity contribution in [3.8, 4) is 0 Å². The number of likely N-dealkylation sites (tertiary alicyclic amines) is 1. The van der Waals surface area contributed by atoms with Gasteiger partial charge in [0, 0.05) is 25.3 Å². The molecule has 4 rings (SSSR count). The van der Waals surface area contributed by atoms with Gasteiger partial charge in [0.05, 0.1) is 16.1 Å². The van der Waals surface area contributed by atoms with Crippen LogP contribution in [0.5, 0.6) is 0 Å². The minimum absolute atomic E-state index is 0.0491. The first kappa shape index (κ1) is 23.5. The normalized spacial score (nSPS) is 19.6. The number of carbonyl (C=O) groups is 1. The summed E-state index contributed by atoms with van der Waals surface area (Å²) >= 11 is 0. The first-order valence-electron chi connectivity index (χ1n) is 11.4. The molecule has 2 aliphatic heterocycles. The number of aryl methyl sites for hydroxylation is 1. The van der Waals surface area contributed by atoms with Crippen LogP contribution in [0.25, 0.3) is 0 Å². The Labute approximate surface area is 194 Å². The van der Waals surface area contributed by atoms with Crippen LogP contribution in [0.4, 0.5) is 15.8 Å². The molecule has 2 fully saturated rings. The van der Waals surface area contributed by atoms with E-state index in [4.69, 9.17) is 0 Å². The van der Waals surface area contributed by atoms with E-state index in [0.29, 0.717) is 17.2 Å². The van der Waals surface area contributed by atoms with Gasteiger partial charge in [-0.1, -0.05) is 6.07 Å². The number of aromatic carboxylic acids is 1. The molecule has 1 atom stereocenters. The molecule has 2 saturated heterocycles. The molecule has 0 spiro atoms. The van der Waals surface area contributed by atoms with E-state index >= 15 is 0 Å². The van der Waals surface area contributed by atoms with Crippen molar-refractivity contribution >= 4 is 27.4 Å². The Kier molecular flexibility index (Phi) is 6.90. The van der Waals surface area contributed by atoms with E-state index in [1.54, 1.807) is 19.1 Å². The van der Waals surface area contributed by atoms with E-state index in [1.807, 2.05) is 0 Å². The Balaban J connectivity index is 1.55. The van der Waals surface area contributed by atoms with Gasteiger partial charge in [0.1, 0.15) is 5.82 Å². The number of carboxylic acid groups (broad SMARTS) is 1. The summed E-state index contributed by atoms with van der Waals surface area (Å²) in [5.74, 6) is -1.29. The van der Waals surface area contributed by atoms with Crippen LogP contribution in [0.2, 0.25) is 0 Å². The number of halogens is 1. The quantitative estimate of drug-likeness (QED) is 0.630. The highest BCUT2D eigenvalue weighted by atomic mass is 32.2. The zero-order valence-corrected chi connectivity index (χ0v) is 19.6. The molecular weight excluding hydrogens is 445 g/mol. The van der Waals surface area contributed by atoms with E-state index in [0.717, 1.165) is 51.6 Å². The van der Waals surface area contributed by atoms with Crippen LogP contribution >= 0.6 is 0 Å². The molecular formula is C24H30FN3O4S. The van der Waals surface area contributed by atoms with Crippen LogP contribution in [0.15, 0.2) is 41.3 Å². The van der Waals surface area contributed by atoms with Crippen LogP contribution in [-0.2, 0) is 10.0 Å². The number of benzene rings is 2. The Morgan fingerprint density at radius 2 is 1.88 bits per heavy atom. The number of hydrogen-bond acceptors (Lipinski definition) is 5. The first-order valence-corrected chi connectivity index (χ1v) is 12.8. The lowest BCUT2D eigenvalue weighted by Crippen LogP contribution is -2.41. The summed E-state index contributed by atoms with van der Waals surface area (Å²) in [4.78, 5) is 16.5. The number of anilines is 2. The van der Waals surface area contributed by atoms with E-state index in [9.17, 15) is 22.7 Å². The highest BCUT2D eigenvalue weighted by Gasteiger charge is 2.27. The second-order valence-corrected chi connectivity index (χ2v) is 10.7. The lowest BCUT2D eigenvalue weighted by Gasteiger charge is -2.36. The fourth-order valence-electron chi connectivity index (χ4n) is 4.88. The van der Waals surface area contributed by atoms with Gasteiger partial charge in [-0.05, 0) is 87.5 Å². The average molecular weight is 476 g/mol. The summed E-state index contributed by atoms with van der Waals surface area (Å²) in [6, 6.07) is 8.12. The second-order valence-electron chi connectivity index (χ2n) is 9.01. The molecule has 178 valence electrons. The van der Waals surface area contributed by atoms with Crippen molar-refractivity contribution in [2.24, 2.45) is 5.92 Å². The van der Waals surface area contributed by atoms with Crippen LogP contribution < -0.4 is 9.62 Å². The van der Waals surface area contributed by atoms with Crippen molar-refractivity contribution in [1.82, 2.24) is 4.90 Å². The number of carboxylic acids is 1. The van der Waals surface area contributed by atoms with Crippen LogP contribution in [0.3, 0.4) is 0 Å². The third kappa shape index (κ3) is 5.47. The lowest BCUT2D eigenvalue weighted by molar-refractivity contribution is 0.0697. The minimum Gasteiger partial charge on any atom is -0.478 e. The maximum atomic E-state index is 13.6. The highest BCUT2D eigenvalue weighted by molar-refractivity contribution is 7.92. The standard InChI is InChI=1S/C24H30FN3O4S/c1-17-6-7-19(25)13-23(17)33(31,32)26-20-8-9-22(21(14-20)24(29)30)28-12-4-5-18(16-28)15-27-10-2-3-11-27/h6-9,13-14,18,26H,2-5,10-12,15-16H2,1H3,(H,29,30)/t18-/m1/s1. The fourth-order valence-corrected chi connectivity index (χ4v) is 6.19. The SMILES string of the molecule is Cc1ccc(F)cc1S(=O)(=O)Nc1ccc(N2CCC[C@H](CN3CCCC3)C2)c(C(=O)O)c1. The highest BCUT2D eigenvalue weighted by Crippen LogP contribution is 2.31. The molecule has 2 aromatic carbocycles. The van der Waals surface area contributed by atoms with Crippen molar-refractivity contribution in [1.29, 1.82) is 0 Å². The number of rotatable bonds is 7. The first-order chi connectivity index (χ1) is 15.7. The van der Waals surface area contributed by atoms with Gasteiger partial charge in [-0.25, -0.2) is 17.6 Å². The number of nitrogens with zero attached hydrogens (tertiary/aromatic N) is 2. The average Bonchev–Trinajstić information content (AvgIpc) is 3.28. The molecule has 0 aliphatic carbocycles. The minimum atomic E-state index is -4.07. The van der Waals surface area contributed by atoms with Gasteiger partial charge in [0.25, 0.3) is 10.0 Å². The third-order valence-electron chi connectivity index (χ3n) is 6.49. The molecule has 2 aliphatic rings. The van der Waals surface area contributed by atoms with Gasteiger partial charge in [-0.3, -0.25) is 4.72 Å². The van der Waals surface area contributed by atoms with Crippen LogP contribution in [0, 0.1) is 18.7 Å². The lowest BCUT2D eigenvalue weighted by atomic mass is 9.96. The van der Waals surface area contributed by atoms with Crippen molar-refractivity contribution in [2.75, 3.05) is 42.3 Å². The molecule has 0 unspecified atom stereocenters. The molecule has 2 heterocycles. The van der Waals surface area contributed by atoms with Gasteiger partial charge in [-0.15, -0.1) is 0 Å². The van der Waals surface area contributed by atoms with Gasteiger partial charge in [-0.2, -0.15) is 0 Å². The largest absolute Gasteiger partial charge is 0.478 e. The van der Waals surface area contributed by atoms with E-state index < -0.39 is 21.8 Å². The van der Waals surface area contributed by atoms with Gasteiger partial charge >= 0.3 is 5.97 Å². The molecule has 0 aromatic heterocycles. The number of hydrogen-bond donors (Lipinski definition) is 2. The fraction of sp³-hybridized carbons (Fsp3) is 0.458. The van der Waals surface area contributed by atoms with Crippen LogP contribution in [-0.4, -0.2) is 57.1 Å². The predicted octanol–water partition coefficient (Wildman–Crippen LogP) is 3.95. The van der Waals surface area contributed by atoms with E-state index in [-0.39, 0.29) is 16.1 Å².